The minimum absolute atomic E-state index is 0.107. The summed E-state index contributed by atoms with van der Waals surface area (Å²) in [6, 6.07) is 11.6. The Morgan fingerprint density at radius 1 is 1.45 bits per heavy atom. The molecule has 0 saturated heterocycles. The lowest BCUT2D eigenvalue weighted by Crippen LogP contribution is -2.04. The highest BCUT2D eigenvalue weighted by atomic mass is 32.1. The van der Waals surface area contributed by atoms with E-state index in [0.717, 1.165) is 10.4 Å². The molecule has 6 heteroatoms. The average molecular weight is 285 g/mol. The van der Waals surface area contributed by atoms with Gasteiger partial charge in [-0.15, -0.1) is 0 Å². The molecule has 5 nitrogen and oxygen atoms in total. The van der Waals surface area contributed by atoms with Crippen molar-refractivity contribution in [1.29, 1.82) is 5.26 Å². The van der Waals surface area contributed by atoms with Crippen molar-refractivity contribution in [2.45, 2.75) is 0 Å². The number of anilines is 1. The molecule has 2 rings (SSSR count). The van der Waals surface area contributed by atoms with Crippen molar-refractivity contribution in [2.75, 3.05) is 12.4 Å². The summed E-state index contributed by atoms with van der Waals surface area (Å²) < 4.78 is 4.48. The van der Waals surface area contributed by atoms with Crippen LogP contribution < -0.4 is 5.32 Å². The molecule has 0 aliphatic rings. The van der Waals surface area contributed by atoms with Gasteiger partial charge < -0.3 is 10.1 Å². The van der Waals surface area contributed by atoms with Gasteiger partial charge in [0.15, 0.2) is 10.7 Å². The van der Waals surface area contributed by atoms with E-state index in [1.54, 1.807) is 12.3 Å². The van der Waals surface area contributed by atoms with E-state index in [1.165, 1.54) is 24.6 Å². The van der Waals surface area contributed by atoms with E-state index in [-0.39, 0.29) is 5.57 Å². The number of aromatic nitrogens is 1. The standard InChI is InChI=1S/C14H11N3O2S/c1-19-13(18)11(7-15)8-16-14-17-9-12(20-14)10-5-3-2-4-6-10/h2-6,8-9H,1H3,(H,16,17)/b11-8-. The van der Waals surface area contributed by atoms with E-state index >= 15 is 0 Å². The van der Waals surface area contributed by atoms with Crippen molar-refractivity contribution in [3.63, 3.8) is 0 Å². The zero-order chi connectivity index (χ0) is 14.4. The second kappa shape index (κ2) is 6.50. The topological polar surface area (TPSA) is 75.0 Å². The Balaban J connectivity index is 2.13. The highest BCUT2D eigenvalue weighted by Crippen LogP contribution is 2.28. The van der Waals surface area contributed by atoms with Gasteiger partial charge in [0.2, 0.25) is 0 Å². The van der Waals surface area contributed by atoms with E-state index in [0.29, 0.717) is 5.13 Å². The van der Waals surface area contributed by atoms with Gasteiger partial charge in [-0.1, -0.05) is 41.7 Å². The first-order valence-corrected chi connectivity index (χ1v) is 6.52. The molecule has 2 aromatic rings. The Morgan fingerprint density at radius 2 is 2.20 bits per heavy atom. The van der Waals surface area contributed by atoms with Crippen LogP contribution in [0.5, 0.6) is 0 Å². The third kappa shape index (κ3) is 3.22. The zero-order valence-corrected chi connectivity index (χ0v) is 11.5. The maximum Gasteiger partial charge on any atom is 0.350 e. The zero-order valence-electron chi connectivity index (χ0n) is 10.7. The molecule has 0 amide bonds. The smallest absolute Gasteiger partial charge is 0.350 e. The Bertz CT molecular complexity index is 671. The molecule has 0 aliphatic carbocycles. The predicted molar refractivity (Wildman–Crippen MR) is 76.9 cm³/mol. The van der Waals surface area contributed by atoms with E-state index in [2.05, 4.69) is 15.0 Å². The van der Waals surface area contributed by atoms with Crippen molar-refractivity contribution in [1.82, 2.24) is 4.98 Å². The third-order valence-electron chi connectivity index (χ3n) is 2.43. The summed E-state index contributed by atoms with van der Waals surface area (Å²) in [5.41, 5.74) is 0.958. The maximum atomic E-state index is 11.2. The van der Waals surface area contributed by atoms with Crippen molar-refractivity contribution in [2.24, 2.45) is 0 Å². The van der Waals surface area contributed by atoms with E-state index < -0.39 is 5.97 Å². The van der Waals surface area contributed by atoms with Gasteiger partial charge in [-0.2, -0.15) is 5.26 Å². The molecule has 0 atom stereocenters. The number of carbonyl (C=O) groups excluding carboxylic acids is 1. The van der Waals surface area contributed by atoms with Crippen LogP contribution in [-0.4, -0.2) is 18.1 Å². The van der Waals surface area contributed by atoms with Crippen molar-refractivity contribution >= 4 is 22.4 Å². The van der Waals surface area contributed by atoms with Gasteiger partial charge in [0.1, 0.15) is 6.07 Å². The first-order valence-electron chi connectivity index (χ1n) is 5.71. The number of esters is 1. The molecule has 100 valence electrons. The Kier molecular flexibility index (Phi) is 4.47. The molecule has 1 aromatic heterocycles. The second-order valence-corrected chi connectivity index (χ2v) is 4.73. The normalized spacial score (nSPS) is 10.7. The number of nitriles is 1. The van der Waals surface area contributed by atoms with E-state index in [9.17, 15) is 4.79 Å². The molecule has 0 bridgehead atoms. The molecule has 1 aromatic carbocycles. The summed E-state index contributed by atoms with van der Waals surface area (Å²) in [6.45, 7) is 0. The Labute approximate surface area is 120 Å². The lowest BCUT2D eigenvalue weighted by molar-refractivity contribution is -0.135. The van der Waals surface area contributed by atoms with Gasteiger partial charge in [-0.3, -0.25) is 0 Å². The molecule has 1 N–H and O–H groups in total. The van der Waals surface area contributed by atoms with Crippen LogP contribution in [0.3, 0.4) is 0 Å². The van der Waals surface area contributed by atoms with Crippen LogP contribution in [0.4, 0.5) is 5.13 Å². The lowest BCUT2D eigenvalue weighted by atomic mass is 10.2. The number of methoxy groups -OCH3 is 1. The Hall–Kier alpha value is -2.65. The number of thiazole rings is 1. The molecule has 0 fully saturated rings. The van der Waals surface area contributed by atoms with Crippen molar-refractivity contribution in [3.8, 4) is 16.5 Å². The van der Waals surface area contributed by atoms with Gasteiger partial charge in [-0.25, -0.2) is 9.78 Å². The van der Waals surface area contributed by atoms with Crippen LogP contribution in [0, 0.1) is 11.3 Å². The lowest BCUT2D eigenvalue weighted by Gasteiger charge is -1.97. The number of benzene rings is 1. The number of nitrogens with one attached hydrogen (secondary N) is 1. The minimum atomic E-state index is -0.681. The summed E-state index contributed by atoms with van der Waals surface area (Å²) in [5.74, 6) is -0.681. The average Bonchev–Trinajstić information content (AvgIpc) is 2.97. The quantitative estimate of drug-likeness (QED) is 0.531. The van der Waals surface area contributed by atoms with Gasteiger partial charge >= 0.3 is 5.97 Å². The maximum absolute atomic E-state index is 11.2. The summed E-state index contributed by atoms with van der Waals surface area (Å²) in [5, 5.41) is 12.2. The van der Waals surface area contributed by atoms with Crippen molar-refractivity contribution < 1.29 is 9.53 Å². The highest BCUT2D eigenvalue weighted by molar-refractivity contribution is 7.18. The van der Waals surface area contributed by atoms with E-state index in [1.807, 2.05) is 30.3 Å². The highest BCUT2D eigenvalue weighted by Gasteiger charge is 2.09. The largest absolute Gasteiger partial charge is 0.465 e. The fraction of sp³-hybridized carbons (Fsp3) is 0.0714. The number of rotatable bonds is 4. The summed E-state index contributed by atoms with van der Waals surface area (Å²) in [4.78, 5) is 16.4. The summed E-state index contributed by atoms with van der Waals surface area (Å²) in [7, 11) is 1.23. The molecule has 0 spiro atoms. The number of carbonyl (C=O) groups is 1. The number of hydrogen-bond donors (Lipinski definition) is 1. The molecular weight excluding hydrogens is 274 g/mol. The Morgan fingerprint density at radius 3 is 2.85 bits per heavy atom. The van der Waals surface area contributed by atoms with Crippen LogP contribution in [0.25, 0.3) is 10.4 Å². The van der Waals surface area contributed by atoms with Crippen LogP contribution >= 0.6 is 11.3 Å². The predicted octanol–water partition coefficient (Wildman–Crippen LogP) is 2.80. The molecule has 1 heterocycles. The van der Waals surface area contributed by atoms with E-state index in [4.69, 9.17) is 5.26 Å². The monoisotopic (exact) mass is 285 g/mol. The summed E-state index contributed by atoms with van der Waals surface area (Å²) >= 11 is 1.43. The third-order valence-corrected chi connectivity index (χ3v) is 3.41. The minimum Gasteiger partial charge on any atom is -0.465 e. The second-order valence-electron chi connectivity index (χ2n) is 3.70. The van der Waals surface area contributed by atoms with Gasteiger partial charge in [-0.05, 0) is 5.56 Å². The fourth-order valence-corrected chi connectivity index (χ4v) is 2.25. The van der Waals surface area contributed by atoms with Gasteiger partial charge in [0, 0.05) is 12.4 Å². The molecular formula is C14H11N3O2S. The van der Waals surface area contributed by atoms with Crippen LogP contribution in [0.15, 0.2) is 48.3 Å². The molecule has 0 aliphatic heterocycles. The molecule has 0 unspecified atom stereocenters. The summed E-state index contributed by atoms with van der Waals surface area (Å²) in [6.07, 6.45) is 3.03. The number of ether oxygens (including phenoxy) is 1. The van der Waals surface area contributed by atoms with Crippen LogP contribution in [0.2, 0.25) is 0 Å². The van der Waals surface area contributed by atoms with Crippen molar-refractivity contribution in [3.05, 3.63) is 48.3 Å². The fourth-order valence-electron chi connectivity index (χ4n) is 1.46. The molecule has 20 heavy (non-hydrogen) atoms. The number of hydrogen-bond acceptors (Lipinski definition) is 6. The molecule has 0 saturated carbocycles. The molecule has 0 radical (unpaired) electrons. The van der Waals surface area contributed by atoms with Crippen LogP contribution in [-0.2, 0) is 9.53 Å². The number of nitrogens with zero attached hydrogens (tertiary/aromatic N) is 2. The van der Waals surface area contributed by atoms with Gasteiger partial charge in [0.05, 0.1) is 12.0 Å². The SMILES string of the molecule is COC(=O)/C(C#N)=C\Nc1ncc(-c2ccccc2)s1. The van der Waals surface area contributed by atoms with Crippen LogP contribution in [0.1, 0.15) is 0 Å². The first-order chi connectivity index (χ1) is 9.74. The first kappa shape index (κ1) is 13.8. The van der Waals surface area contributed by atoms with Gasteiger partial charge in [0.25, 0.3) is 0 Å².